The molecule has 1 amide bonds. The number of morpholine rings is 1. The zero-order valence-electron chi connectivity index (χ0n) is 11.5. The van der Waals surface area contributed by atoms with Crippen molar-refractivity contribution < 1.29 is 9.53 Å². The third kappa shape index (κ3) is 3.35. The van der Waals surface area contributed by atoms with Crippen molar-refractivity contribution in [1.29, 1.82) is 0 Å². The summed E-state index contributed by atoms with van der Waals surface area (Å²) in [6.45, 7) is 2.79. The molecule has 1 aromatic carbocycles. The molecular formula is C15H16N4O2. The van der Waals surface area contributed by atoms with Gasteiger partial charge < -0.3 is 15.0 Å². The van der Waals surface area contributed by atoms with Crippen molar-refractivity contribution in [2.75, 3.05) is 36.5 Å². The molecule has 21 heavy (non-hydrogen) atoms. The van der Waals surface area contributed by atoms with Crippen LogP contribution in [0.15, 0.2) is 42.6 Å². The van der Waals surface area contributed by atoms with E-state index in [9.17, 15) is 4.79 Å². The van der Waals surface area contributed by atoms with Crippen molar-refractivity contribution in [2.45, 2.75) is 0 Å². The van der Waals surface area contributed by atoms with Gasteiger partial charge in [-0.1, -0.05) is 18.2 Å². The molecule has 0 bridgehead atoms. The molecule has 1 aliphatic rings. The minimum Gasteiger partial charge on any atom is -0.378 e. The number of aromatic nitrogens is 2. The number of benzene rings is 1. The number of carbonyl (C=O) groups excluding carboxylic acids is 1. The molecule has 0 spiro atoms. The van der Waals surface area contributed by atoms with Crippen LogP contribution in [0, 0.1) is 0 Å². The number of anilines is 2. The first kappa shape index (κ1) is 13.5. The van der Waals surface area contributed by atoms with Gasteiger partial charge >= 0.3 is 0 Å². The third-order valence-electron chi connectivity index (χ3n) is 3.20. The highest BCUT2D eigenvalue weighted by Gasteiger charge is 2.16. The molecule has 1 N–H and O–H groups in total. The lowest BCUT2D eigenvalue weighted by atomic mass is 10.3. The van der Waals surface area contributed by atoms with Gasteiger partial charge in [0.1, 0.15) is 5.69 Å². The molecule has 0 saturated carbocycles. The van der Waals surface area contributed by atoms with E-state index in [1.807, 2.05) is 35.2 Å². The summed E-state index contributed by atoms with van der Waals surface area (Å²) in [4.78, 5) is 22.8. The molecule has 1 fully saturated rings. The van der Waals surface area contributed by atoms with Crippen LogP contribution in [0.4, 0.5) is 11.6 Å². The first-order valence-electron chi connectivity index (χ1n) is 6.85. The molecule has 0 atom stereocenters. The molecule has 3 rings (SSSR count). The third-order valence-corrected chi connectivity index (χ3v) is 3.20. The Morgan fingerprint density at radius 2 is 1.90 bits per heavy atom. The van der Waals surface area contributed by atoms with Gasteiger partial charge in [-0.2, -0.15) is 0 Å². The zero-order valence-corrected chi connectivity index (χ0v) is 11.5. The highest BCUT2D eigenvalue weighted by Crippen LogP contribution is 2.12. The lowest BCUT2D eigenvalue weighted by Gasteiger charge is -2.26. The van der Waals surface area contributed by atoms with Crippen LogP contribution in [0.3, 0.4) is 0 Å². The van der Waals surface area contributed by atoms with E-state index in [1.165, 1.54) is 0 Å². The molecule has 2 heterocycles. The second-order valence-corrected chi connectivity index (χ2v) is 4.66. The van der Waals surface area contributed by atoms with Crippen LogP contribution in [-0.2, 0) is 4.74 Å². The Balaban J connectivity index is 1.74. The Kier molecular flexibility index (Phi) is 4.07. The molecule has 0 radical (unpaired) electrons. The molecule has 1 saturated heterocycles. The van der Waals surface area contributed by atoms with E-state index in [1.54, 1.807) is 12.3 Å². The van der Waals surface area contributed by atoms with Crippen molar-refractivity contribution in [3.63, 3.8) is 0 Å². The van der Waals surface area contributed by atoms with Gasteiger partial charge in [-0.3, -0.25) is 4.79 Å². The van der Waals surface area contributed by atoms with E-state index in [2.05, 4.69) is 15.3 Å². The Morgan fingerprint density at radius 3 is 2.67 bits per heavy atom. The van der Waals surface area contributed by atoms with Gasteiger partial charge in [0.25, 0.3) is 5.91 Å². The average Bonchev–Trinajstić information content (AvgIpc) is 2.57. The molecule has 0 aliphatic carbocycles. The van der Waals surface area contributed by atoms with Crippen LogP contribution in [-0.4, -0.2) is 42.2 Å². The predicted molar refractivity (Wildman–Crippen MR) is 79.5 cm³/mol. The summed E-state index contributed by atoms with van der Waals surface area (Å²) in [5.41, 5.74) is 1.10. The first-order valence-corrected chi connectivity index (χ1v) is 6.85. The topological polar surface area (TPSA) is 67.4 Å². The Hall–Kier alpha value is -2.47. The maximum Gasteiger partial charge on any atom is 0.274 e. The maximum absolute atomic E-state index is 12.2. The number of para-hydroxylation sites is 1. The van der Waals surface area contributed by atoms with Crippen LogP contribution < -0.4 is 10.2 Å². The van der Waals surface area contributed by atoms with Gasteiger partial charge in [-0.15, -0.1) is 0 Å². The molecular weight excluding hydrogens is 268 g/mol. The number of nitrogens with zero attached hydrogens (tertiary/aromatic N) is 3. The van der Waals surface area contributed by atoms with E-state index in [-0.39, 0.29) is 5.91 Å². The Morgan fingerprint density at radius 1 is 1.14 bits per heavy atom. The van der Waals surface area contributed by atoms with Crippen molar-refractivity contribution >= 4 is 17.5 Å². The number of carbonyl (C=O) groups is 1. The number of rotatable bonds is 3. The number of nitrogens with one attached hydrogen (secondary N) is 1. The molecule has 1 aliphatic heterocycles. The summed E-state index contributed by atoms with van der Waals surface area (Å²) < 4.78 is 5.30. The van der Waals surface area contributed by atoms with Crippen LogP contribution in [0.2, 0.25) is 0 Å². The largest absolute Gasteiger partial charge is 0.378 e. The van der Waals surface area contributed by atoms with E-state index < -0.39 is 0 Å². The summed E-state index contributed by atoms with van der Waals surface area (Å²) in [6.07, 6.45) is 1.61. The number of hydrogen-bond donors (Lipinski definition) is 1. The lowest BCUT2D eigenvalue weighted by molar-refractivity contribution is 0.102. The first-order chi connectivity index (χ1) is 10.3. The second-order valence-electron chi connectivity index (χ2n) is 4.66. The highest BCUT2D eigenvalue weighted by molar-refractivity contribution is 6.02. The fourth-order valence-electron chi connectivity index (χ4n) is 2.11. The van der Waals surface area contributed by atoms with Gasteiger partial charge in [-0.25, -0.2) is 9.97 Å². The van der Waals surface area contributed by atoms with Crippen molar-refractivity contribution in [1.82, 2.24) is 9.97 Å². The summed E-state index contributed by atoms with van der Waals surface area (Å²) in [5, 5.41) is 2.82. The maximum atomic E-state index is 12.2. The molecule has 0 unspecified atom stereocenters. The fraction of sp³-hybridized carbons (Fsp3) is 0.267. The standard InChI is InChI=1S/C15H16N4O2/c20-14(17-12-4-2-1-3-5-12)13-6-7-16-15(18-13)19-8-10-21-11-9-19/h1-7H,8-11H2,(H,17,20). The quantitative estimate of drug-likeness (QED) is 0.926. The van der Waals surface area contributed by atoms with Crippen LogP contribution >= 0.6 is 0 Å². The van der Waals surface area contributed by atoms with Gasteiger partial charge in [-0.05, 0) is 18.2 Å². The lowest BCUT2D eigenvalue weighted by Crippen LogP contribution is -2.37. The second kappa shape index (κ2) is 6.32. The fourth-order valence-corrected chi connectivity index (χ4v) is 2.11. The summed E-state index contributed by atoms with van der Waals surface area (Å²) in [5.74, 6) is 0.331. The predicted octanol–water partition coefficient (Wildman–Crippen LogP) is 1.57. The summed E-state index contributed by atoms with van der Waals surface area (Å²) >= 11 is 0. The number of ether oxygens (including phenoxy) is 1. The SMILES string of the molecule is O=C(Nc1ccccc1)c1ccnc(N2CCOCC2)n1. The smallest absolute Gasteiger partial charge is 0.274 e. The number of hydrogen-bond acceptors (Lipinski definition) is 5. The molecule has 108 valence electrons. The molecule has 1 aromatic heterocycles. The van der Waals surface area contributed by atoms with Gasteiger partial charge in [0.15, 0.2) is 0 Å². The normalized spacial score (nSPS) is 14.8. The Labute approximate surface area is 122 Å². The van der Waals surface area contributed by atoms with Gasteiger partial charge in [0.05, 0.1) is 13.2 Å². The number of amides is 1. The Bertz CT molecular complexity index is 612. The van der Waals surface area contributed by atoms with E-state index in [0.29, 0.717) is 24.9 Å². The van der Waals surface area contributed by atoms with Gasteiger partial charge in [0, 0.05) is 25.0 Å². The zero-order chi connectivity index (χ0) is 14.5. The minimum absolute atomic E-state index is 0.238. The van der Waals surface area contributed by atoms with Crippen LogP contribution in [0.25, 0.3) is 0 Å². The molecule has 6 heteroatoms. The van der Waals surface area contributed by atoms with E-state index >= 15 is 0 Å². The highest BCUT2D eigenvalue weighted by atomic mass is 16.5. The minimum atomic E-state index is -0.238. The van der Waals surface area contributed by atoms with Gasteiger partial charge in [0.2, 0.25) is 5.95 Å². The van der Waals surface area contributed by atoms with Crippen molar-refractivity contribution in [3.8, 4) is 0 Å². The van der Waals surface area contributed by atoms with Crippen molar-refractivity contribution in [3.05, 3.63) is 48.3 Å². The summed E-state index contributed by atoms with van der Waals surface area (Å²) in [7, 11) is 0. The molecule has 6 nitrogen and oxygen atoms in total. The van der Waals surface area contributed by atoms with Crippen LogP contribution in [0.5, 0.6) is 0 Å². The monoisotopic (exact) mass is 284 g/mol. The van der Waals surface area contributed by atoms with Crippen molar-refractivity contribution in [2.24, 2.45) is 0 Å². The molecule has 2 aromatic rings. The van der Waals surface area contributed by atoms with E-state index in [4.69, 9.17) is 4.74 Å². The van der Waals surface area contributed by atoms with E-state index in [0.717, 1.165) is 18.8 Å². The summed E-state index contributed by atoms with van der Waals surface area (Å²) in [6, 6.07) is 10.9. The average molecular weight is 284 g/mol. The van der Waals surface area contributed by atoms with Crippen LogP contribution in [0.1, 0.15) is 10.5 Å².